The fourth-order valence-corrected chi connectivity index (χ4v) is 9.24. The van der Waals surface area contributed by atoms with Gasteiger partial charge in [-0.1, -0.05) is 36.4 Å². The molecule has 4 N–H and O–H groups in total. The minimum absolute atomic E-state index is 0.0490. The smallest absolute Gasteiger partial charge is 0.407 e. The van der Waals surface area contributed by atoms with Gasteiger partial charge in [0.25, 0.3) is 12.9 Å². The zero-order valence-electron chi connectivity index (χ0n) is 40.0. The van der Waals surface area contributed by atoms with Crippen LogP contribution in [-0.2, 0) is 4.79 Å². The number of pyridine rings is 2. The average Bonchev–Trinajstić information content (AvgIpc) is 4.01. The number of carbonyl (C=O) groups is 2. The van der Waals surface area contributed by atoms with Crippen LogP contribution < -0.4 is 25.8 Å². The molecule has 3 fully saturated rings. The summed E-state index contributed by atoms with van der Waals surface area (Å²) < 4.78 is 82.1. The number of nitrogens with one attached hydrogen (secondary N) is 3. The normalized spacial score (nSPS) is 18.1. The number of alkyl halides is 4. The number of halogens is 6. The number of hydrogen-bond acceptors (Lipinski definition) is 13. The van der Waals surface area contributed by atoms with Crippen molar-refractivity contribution in [3.63, 3.8) is 0 Å². The van der Waals surface area contributed by atoms with E-state index in [1.54, 1.807) is 53.2 Å². The van der Waals surface area contributed by atoms with E-state index in [-0.39, 0.29) is 35.0 Å². The molecule has 3 saturated heterocycles. The van der Waals surface area contributed by atoms with E-state index in [0.717, 1.165) is 44.0 Å². The summed E-state index contributed by atoms with van der Waals surface area (Å²) in [6.07, 6.45) is -2.01. The lowest BCUT2D eigenvalue weighted by molar-refractivity contribution is -0.130. The summed E-state index contributed by atoms with van der Waals surface area (Å²) in [5, 5.41) is 20.1. The lowest BCUT2D eigenvalue weighted by Gasteiger charge is -2.35. The number of carboxylic acid groups (broad SMARTS) is 1. The van der Waals surface area contributed by atoms with Gasteiger partial charge in [0.15, 0.2) is 0 Å². The van der Waals surface area contributed by atoms with E-state index in [4.69, 9.17) is 0 Å². The number of fused-ring (bicyclic) bond motifs is 2. The van der Waals surface area contributed by atoms with Gasteiger partial charge in [-0.15, -0.1) is 0 Å². The maximum absolute atomic E-state index is 14.8. The molecule has 0 radical (unpaired) electrons. The number of aryl methyl sites for hydroxylation is 2. The first-order valence-electron chi connectivity index (χ1n) is 23.2. The van der Waals surface area contributed by atoms with E-state index < -0.39 is 53.8 Å². The fraction of sp³-hybridized carbons (Fsp3) is 0.429. The molecule has 3 aliphatic rings. The molecule has 0 unspecified atom stereocenters. The number of aromatic nitrogens is 6. The van der Waals surface area contributed by atoms with Gasteiger partial charge in [-0.3, -0.25) is 4.79 Å². The van der Waals surface area contributed by atoms with Crippen LogP contribution in [0.4, 0.5) is 54.4 Å². The lowest BCUT2D eigenvalue weighted by Crippen LogP contribution is -2.53. The molecule has 2 aromatic carbocycles. The molecular weight excluding hydrogens is 933 g/mol. The van der Waals surface area contributed by atoms with Crippen LogP contribution in [-0.4, -0.2) is 122 Å². The number of nitrogens with zero attached hydrogens (tertiary/aromatic N) is 10. The number of rotatable bonds is 13. The van der Waals surface area contributed by atoms with Crippen molar-refractivity contribution < 1.29 is 41.0 Å². The summed E-state index contributed by atoms with van der Waals surface area (Å²) in [5.74, 6) is 1.53. The van der Waals surface area contributed by atoms with Gasteiger partial charge in [-0.05, 0) is 59.7 Å². The summed E-state index contributed by atoms with van der Waals surface area (Å²) in [6, 6.07) is 10.3. The maximum atomic E-state index is 14.8. The van der Waals surface area contributed by atoms with E-state index in [9.17, 15) is 41.0 Å². The molecule has 0 saturated carbocycles. The van der Waals surface area contributed by atoms with Crippen LogP contribution in [0.3, 0.4) is 0 Å². The molecule has 3 aliphatic heterocycles. The molecular formula is C49H55F6N13O3. The molecule has 22 heteroatoms. The molecule has 9 rings (SSSR count). The van der Waals surface area contributed by atoms with Crippen molar-refractivity contribution in [2.24, 2.45) is 5.92 Å². The standard InChI is InChI=1S/C26H30F3N7O.C23H25F3N6O2/c1-14(18-5-4-6-19(23(18)27)24(28)29)31-25-20-9-22(30-10-21(20)32-15(2)33-25)36-8-7-17(13-36)34-26(37)16-11-35(3)12-16;1-12(15-5-4-6-16(20(15)24)21(25)26)28-22-17-9-19(27-10-18(17)29-13(2)30-22)32-8-7-14(11-32)31(3)23(33)34/h4-6,9-10,14,16-17,24H,7-8,11-13H2,1-3H3,(H,34,37)(H,31,32,33);4-6,9-10,12,14,21H,7-8,11H2,1-3H3,(H,33,34)(H,28,29,30)/t14-,17-;12-,14-/m11/s1. The molecule has 4 aromatic heterocycles. The topological polar surface area (TPSA) is 181 Å². The van der Waals surface area contributed by atoms with Crippen LogP contribution in [0.15, 0.2) is 60.9 Å². The first-order chi connectivity index (χ1) is 33.8. The van der Waals surface area contributed by atoms with E-state index in [1.807, 2.05) is 18.0 Å². The van der Waals surface area contributed by atoms with Crippen LogP contribution in [0, 0.1) is 31.4 Å². The van der Waals surface area contributed by atoms with Gasteiger partial charge in [-0.2, -0.15) is 0 Å². The Morgan fingerprint density at radius 1 is 0.704 bits per heavy atom. The Morgan fingerprint density at radius 2 is 1.17 bits per heavy atom. The number of benzene rings is 2. The lowest BCUT2D eigenvalue weighted by atomic mass is 10.00. The Labute approximate surface area is 405 Å². The van der Waals surface area contributed by atoms with E-state index in [1.165, 1.54) is 29.2 Å². The van der Waals surface area contributed by atoms with Crippen molar-refractivity contribution in [1.82, 2.24) is 45.0 Å². The minimum Gasteiger partial charge on any atom is -0.465 e. The van der Waals surface area contributed by atoms with Crippen molar-refractivity contribution in [1.29, 1.82) is 0 Å². The summed E-state index contributed by atoms with van der Waals surface area (Å²) in [6.45, 7) is 10.9. The van der Waals surface area contributed by atoms with Gasteiger partial charge >= 0.3 is 6.09 Å². The Balaban J connectivity index is 0.000000191. The van der Waals surface area contributed by atoms with Crippen LogP contribution in [0.5, 0.6) is 0 Å². The highest BCUT2D eigenvalue weighted by molar-refractivity contribution is 5.92. The molecule has 6 aromatic rings. The molecule has 2 amide bonds. The first kappa shape index (κ1) is 50.3. The van der Waals surface area contributed by atoms with Gasteiger partial charge < -0.3 is 40.7 Å². The SMILES string of the molecule is Cc1nc(N[C@H](C)c2cccc(C(F)F)c2F)c2cc(N3CC[C@@H](N(C)C(=O)O)C3)ncc2n1.Cc1nc(N[C@H](C)c2cccc(C(F)F)c2F)c2cc(N3CC[C@@H](NC(=O)C4CN(C)C4)C3)ncc2n1. The number of carbonyl (C=O) groups excluding carboxylic acids is 1. The van der Waals surface area contributed by atoms with E-state index in [2.05, 4.69) is 55.7 Å². The first-order valence-corrected chi connectivity index (χ1v) is 23.2. The van der Waals surface area contributed by atoms with Crippen molar-refractivity contribution in [3.8, 4) is 0 Å². The number of likely N-dealkylation sites (tertiary alicyclic amines) is 1. The molecule has 16 nitrogen and oxygen atoms in total. The Hall–Kier alpha value is -7.10. The third kappa shape index (κ3) is 11.1. The Bertz CT molecular complexity index is 2930. The third-order valence-electron chi connectivity index (χ3n) is 13.2. The molecule has 71 heavy (non-hydrogen) atoms. The number of likely N-dealkylation sites (N-methyl/N-ethyl adjacent to an activating group) is 1. The Morgan fingerprint density at radius 3 is 1.63 bits per heavy atom. The highest BCUT2D eigenvalue weighted by Crippen LogP contribution is 2.34. The second-order valence-corrected chi connectivity index (χ2v) is 18.3. The van der Waals surface area contributed by atoms with Crippen LogP contribution in [0.1, 0.15) is 85.5 Å². The highest BCUT2D eigenvalue weighted by atomic mass is 19.3. The minimum atomic E-state index is -2.91. The van der Waals surface area contributed by atoms with Gasteiger partial charge in [0.1, 0.15) is 46.6 Å². The maximum Gasteiger partial charge on any atom is 0.407 e. The third-order valence-corrected chi connectivity index (χ3v) is 13.2. The highest BCUT2D eigenvalue weighted by Gasteiger charge is 2.34. The van der Waals surface area contributed by atoms with Crippen molar-refractivity contribution in [2.45, 2.75) is 77.6 Å². The summed E-state index contributed by atoms with van der Waals surface area (Å²) >= 11 is 0. The molecule has 7 heterocycles. The second kappa shape index (κ2) is 21.1. The molecule has 0 aliphatic carbocycles. The molecule has 0 bridgehead atoms. The van der Waals surface area contributed by atoms with Gasteiger partial charge in [0.2, 0.25) is 5.91 Å². The summed E-state index contributed by atoms with van der Waals surface area (Å²) in [7, 11) is 3.55. The second-order valence-electron chi connectivity index (χ2n) is 18.3. The predicted octanol–water partition coefficient (Wildman–Crippen LogP) is 8.61. The van der Waals surface area contributed by atoms with Crippen LogP contribution in [0.2, 0.25) is 0 Å². The van der Waals surface area contributed by atoms with Gasteiger partial charge in [0.05, 0.1) is 58.6 Å². The number of amides is 2. The van der Waals surface area contributed by atoms with Crippen molar-refractivity contribution >= 4 is 57.1 Å². The van der Waals surface area contributed by atoms with Gasteiger partial charge in [0, 0.05) is 74.3 Å². The summed E-state index contributed by atoms with van der Waals surface area (Å²) in [5.41, 5.74) is 0.164. The number of hydrogen-bond donors (Lipinski definition) is 4. The monoisotopic (exact) mass is 987 g/mol. The average molecular weight is 988 g/mol. The largest absolute Gasteiger partial charge is 0.465 e. The quantitative estimate of drug-likeness (QED) is 0.0808. The molecule has 0 spiro atoms. The molecule has 4 atom stereocenters. The van der Waals surface area contributed by atoms with Crippen LogP contribution >= 0.6 is 0 Å². The Kier molecular flexibility index (Phi) is 14.9. The zero-order chi connectivity index (χ0) is 50.8. The predicted molar refractivity (Wildman–Crippen MR) is 257 cm³/mol. The van der Waals surface area contributed by atoms with Crippen LogP contribution in [0.25, 0.3) is 21.8 Å². The summed E-state index contributed by atoms with van der Waals surface area (Å²) in [4.78, 5) is 58.2. The van der Waals surface area contributed by atoms with E-state index >= 15 is 0 Å². The number of anilines is 4. The van der Waals surface area contributed by atoms with Crippen molar-refractivity contribution in [3.05, 3.63) is 106 Å². The van der Waals surface area contributed by atoms with Crippen molar-refractivity contribution in [2.75, 3.05) is 73.8 Å². The fourth-order valence-electron chi connectivity index (χ4n) is 9.24. The van der Waals surface area contributed by atoms with Gasteiger partial charge in [-0.25, -0.2) is 61.0 Å². The zero-order valence-corrected chi connectivity index (χ0v) is 40.0. The van der Waals surface area contributed by atoms with E-state index in [0.29, 0.717) is 77.0 Å². The molecule has 376 valence electrons.